The number of benzene rings is 2. The van der Waals surface area contributed by atoms with Crippen molar-refractivity contribution in [2.45, 2.75) is 45.4 Å². The van der Waals surface area contributed by atoms with Crippen LogP contribution in [-0.4, -0.2) is 18.9 Å². The zero-order valence-electron chi connectivity index (χ0n) is 16.3. The molecule has 2 heteroatoms. The van der Waals surface area contributed by atoms with E-state index in [1.165, 1.54) is 11.3 Å². The topological polar surface area (TPSA) is 20.3 Å². The van der Waals surface area contributed by atoms with E-state index in [4.69, 9.17) is 0 Å². The summed E-state index contributed by atoms with van der Waals surface area (Å²) in [5.41, 5.74) is 4.93. The van der Waals surface area contributed by atoms with E-state index in [1.807, 2.05) is 30.3 Å². The molecule has 0 aromatic heterocycles. The molecule has 0 spiro atoms. The minimum atomic E-state index is 0.100. The van der Waals surface area contributed by atoms with Crippen LogP contribution in [0.25, 0.3) is 0 Å². The van der Waals surface area contributed by atoms with Crippen molar-refractivity contribution < 1.29 is 4.79 Å². The molecule has 2 nitrogen and oxygen atoms in total. The number of hydrogen-bond donors (Lipinski definition) is 0. The number of rotatable bonds is 4. The third kappa shape index (κ3) is 4.35. The van der Waals surface area contributed by atoms with E-state index in [-0.39, 0.29) is 11.3 Å². The number of anilines is 1. The van der Waals surface area contributed by atoms with Crippen molar-refractivity contribution in [2.24, 2.45) is 5.92 Å². The Bertz CT molecular complexity index is 750. The summed E-state index contributed by atoms with van der Waals surface area (Å²) in [7, 11) is 0. The normalized spacial score (nSPS) is 15.9. The van der Waals surface area contributed by atoms with Crippen molar-refractivity contribution in [1.29, 1.82) is 0 Å². The first kappa shape index (κ1) is 18.7. The van der Waals surface area contributed by atoms with Crippen LogP contribution in [0.2, 0.25) is 0 Å². The standard InChI is InChI=1S/C24H30NO/c1-18-10-11-21(24(2,3)4)22(16-18)25-14-12-20(13-15-25)23(26)17-19-8-6-5-7-9-19/h5-11,16,20H,1,12-15,17H2,2-4H3. The molecular weight excluding hydrogens is 318 g/mol. The van der Waals surface area contributed by atoms with E-state index in [1.54, 1.807) is 0 Å². The fourth-order valence-electron chi connectivity index (χ4n) is 3.86. The summed E-state index contributed by atoms with van der Waals surface area (Å²) >= 11 is 0. The van der Waals surface area contributed by atoms with E-state index in [0.29, 0.717) is 12.2 Å². The van der Waals surface area contributed by atoms with Gasteiger partial charge in [-0.05, 0) is 47.9 Å². The minimum absolute atomic E-state index is 0.100. The smallest absolute Gasteiger partial charge is 0.140 e. The van der Waals surface area contributed by atoms with E-state index >= 15 is 0 Å². The first-order chi connectivity index (χ1) is 12.3. The number of carbonyl (C=O) groups is 1. The lowest BCUT2D eigenvalue weighted by molar-refractivity contribution is -0.122. The molecule has 1 radical (unpaired) electrons. The van der Waals surface area contributed by atoms with Gasteiger partial charge >= 0.3 is 0 Å². The summed E-state index contributed by atoms with van der Waals surface area (Å²) in [5.74, 6) is 0.574. The summed E-state index contributed by atoms with van der Waals surface area (Å²) < 4.78 is 0. The lowest BCUT2D eigenvalue weighted by Crippen LogP contribution is -2.38. The average Bonchev–Trinajstić information content (AvgIpc) is 2.61. The molecule has 0 bridgehead atoms. The SMILES string of the molecule is [CH2]c1ccc(C(C)(C)C)c(N2CCC(C(=O)Cc3ccccc3)CC2)c1. The van der Waals surface area contributed by atoms with Crippen molar-refractivity contribution >= 4 is 11.5 Å². The van der Waals surface area contributed by atoms with Gasteiger partial charge in [0.2, 0.25) is 0 Å². The van der Waals surface area contributed by atoms with E-state index in [2.05, 4.69) is 50.8 Å². The highest BCUT2D eigenvalue weighted by Crippen LogP contribution is 2.35. The van der Waals surface area contributed by atoms with Crippen LogP contribution < -0.4 is 4.90 Å². The van der Waals surface area contributed by atoms with E-state index in [0.717, 1.165) is 37.1 Å². The molecule has 0 amide bonds. The quantitative estimate of drug-likeness (QED) is 0.757. The second kappa shape index (κ2) is 7.65. The Morgan fingerprint density at radius 1 is 1.08 bits per heavy atom. The molecule has 0 aliphatic carbocycles. The molecule has 2 aromatic rings. The predicted octanol–water partition coefficient (Wildman–Crippen LogP) is 5.19. The lowest BCUT2D eigenvalue weighted by Gasteiger charge is -2.36. The van der Waals surface area contributed by atoms with Gasteiger partial charge in [-0.25, -0.2) is 0 Å². The summed E-state index contributed by atoms with van der Waals surface area (Å²) in [6.45, 7) is 12.8. The summed E-state index contributed by atoms with van der Waals surface area (Å²) in [5, 5.41) is 0. The highest BCUT2D eigenvalue weighted by atomic mass is 16.1. The molecule has 1 aliphatic heterocycles. The van der Waals surface area contributed by atoms with Gasteiger partial charge in [0.15, 0.2) is 0 Å². The fraction of sp³-hybridized carbons (Fsp3) is 0.417. The molecule has 137 valence electrons. The van der Waals surface area contributed by atoms with Crippen LogP contribution in [0.15, 0.2) is 48.5 Å². The van der Waals surface area contributed by atoms with Gasteiger partial charge in [0, 0.05) is 31.1 Å². The summed E-state index contributed by atoms with van der Waals surface area (Å²) in [4.78, 5) is 15.1. The molecule has 1 saturated heterocycles. The first-order valence-corrected chi connectivity index (χ1v) is 9.62. The Morgan fingerprint density at radius 3 is 2.35 bits per heavy atom. The predicted molar refractivity (Wildman–Crippen MR) is 110 cm³/mol. The van der Waals surface area contributed by atoms with Crippen LogP contribution in [0.3, 0.4) is 0 Å². The molecule has 0 atom stereocenters. The van der Waals surface area contributed by atoms with Gasteiger partial charge in [-0.3, -0.25) is 4.79 Å². The lowest BCUT2D eigenvalue weighted by atomic mass is 9.83. The van der Waals surface area contributed by atoms with Crippen LogP contribution in [0, 0.1) is 12.8 Å². The number of nitrogens with zero attached hydrogens (tertiary/aromatic N) is 1. The van der Waals surface area contributed by atoms with Gasteiger partial charge in [-0.15, -0.1) is 0 Å². The third-order valence-electron chi connectivity index (χ3n) is 5.38. The van der Waals surface area contributed by atoms with Crippen molar-refractivity contribution in [1.82, 2.24) is 0 Å². The maximum atomic E-state index is 12.7. The molecule has 3 rings (SSSR count). The van der Waals surface area contributed by atoms with E-state index < -0.39 is 0 Å². The Morgan fingerprint density at radius 2 is 1.73 bits per heavy atom. The molecule has 26 heavy (non-hydrogen) atoms. The Hall–Kier alpha value is -2.09. The molecule has 0 N–H and O–H groups in total. The Balaban J connectivity index is 1.67. The zero-order valence-corrected chi connectivity index (χ0v) is 16.3. The van der Waals surface area contributed by atoms with E-state index in [9.17, 15) is 4.79 Å². The molecule has 0 unspecified atom stereocenters. The summed E-state index contributed by atoms with van der Waals surface area (Å²) in [6, 6.07) is 16.6. The number of piperidine rings is 1. The van der Waals surface area contributed by atoms with Gasteiger partial charge in [0.25, 0.3) is 0 Å². The van der Waals surface area contributed by atoms with Crippen LogP contribution in [-0.2, 0) is 16.6 Å². The van der Waals surface area contributed by atoms with Gasteiger partial charge in [-0.2, -0.15) is 0 Å². The van der Waals surface area contributed by atoms with Crippen LogP contribution in [0.1, 0.15) is 50.3 Å². The minimum Gasteiger partial charge on any atom is -0.371 e. The van der Waals surface area contributed by atoms with Gasteiger partial charge < -0.3 is 4.90 Å². The Labute approximate surface area is 158 Å². The molecule has 0 saturated carbocycles. The molecular formula is C24H30NO. The second-order valence-corrected chi connectivity index (χ2v) is 8.49. The van der Waals surface area contributed by atoms with Crippen molar-refractivity contribution in [2.75, 3.05) is 18.0 Å². The number of Topliss-reactive ketones (excluding diaryl/α,β-unsaturated/α-hetero) is 1. The zero-order chi connectivity index (χ0) is 18.7. The molecule has 1 aliphatic rings. The first-order valence-electron chi connectivity index (χ1n) is 9.62. The number of ketones is 1. The molecule has 2 aromatic carbocycles. The largest absolute Gasteiger partial charge is 0.371 e. The molecule has 1 heterocycles. The maximum absolute atomic E-state index is 12.7. The summed E-state index contributed by atoms with van der Waals surface area (Å²) in [6.07, 6.45) is 2.44. The molecule has 1 fully saturated rings. The number of carbonyl (C=O) groups excluding carboxylic acids is 1. The van der Waals surface area contributed by atoms with Crippen molar-refractivity contribution in [3.8, 4) is 0 Å². The third-order valence-corrected chi connectivity index (χ3v) is 5.38. The van der Waals surface area contributed by atoms with Gasteiger partial charge in [0.1, 0.15) is 5.78 Å². The van der Waals surface area contributed by atoms with Gasteiger partial charge in [-0.1, -0.05) is 63.2 Å². The average molecular weight is 349 g/mol. The van der Waals surface area contributed by atoms with Crippen LogP contribution in [0.4, 0.5) is 5.69 Å². The second-order valence-electron chi connectivity index (χ2n) is 8.49. The van der Waals surface area contributed by atoms with Crippen molar-refractivity contribution in [3.05, 3.63) is 72.1 Å². The monoisotopic (exact) mass is 348 g/mol. The van der Waals surface area contributed by atoms with Crippen molar-refractivity contribution in [3.63, 3.8) is 0 Å². The maximum Gasteiger partial charge on any atom is 0.140 e. The highest BCUT2D eigenvalue weighted by molar-refractivity contribution is 5.83. The number of hydrogen-bond acceptors (Lipinski definition) is 2. The van der Waals surface area contributed by atoms with Gasteiger partial charge in [0.05, 0.1) is 0 Å². The van der Waals surface area contributed by atoms with Crippen LogP contribution in [0.5, 0.6) is 0 Å². The highest BCUT2D eigenvalue weighted by Gasteiger charge is 2.28. The fourth-order valence-corrected chi connectivity index (χ4v) is 3.86. The Kier molecular flexibility index (Phi) is 5.50. The van der Waals surface area contributed by atoms with Crippen LogP contribution >= 0.6 is 0 Å².